The van der Waals surface area contributed by atoms with Crippen molar-refractivity contribution in [3.8, 4) is 0 Å². The standard InChI is InChI=1S/C11H21N3S/c15-11(13-10-4-5-10)12-6-3-9-14-7-1-2-8-14/h10H,1-9H2,(H2,12,13,15). The van der Waals surface area contributed by atoms with Gasteiger partial charge in [-0.1, -0.05) is 0 Å². The summed E-state index contributed by atoms with van der Waals surface area (Å²) in [4.78, 5) is 2.54. The van der Waals surface area contributed by atoms with Gasteiger partial charge in [-0.15, -0.1) is 0 Å². The molecule has 1 aliphatic heterocycles. The lowest BCUT2D eigenvalue weighted by atomic mass is 10.4. The molecular weight excluding hydrogens is 206 g/mol. The molecule has 1 saturated carbocycles. The summed E-state index contributed by atoms with van der Waals surface area (Å²) < 4.78 is 0. The molecule has 0 radical (unpaired) electrons. The summed E-state index contributed by atoms with van der Waals surface area (Å²) in [7, 11) is 0. The van der Waals surface area contributed by atoms with Gasteiger partial charge in [0.25, 0.3) is 0 Å². The predicted octanol–water partition coefficient (Wildman–Crippen LogP) is 1.10. The quantitative estimate of drug-likeness (QED) is 0.543. The Bertz CT molecular complexity index is 210. The van der Waals surface area contributed by atoms with E-state index >= 15 is 0 Å². The second kappa shape index (κ2) is 5.66. The van der Waals surface area contributed by atoms with Gasteiger partial charge in [0, 0.05) is 12.6 Å². The molecule has 2 aliphatic rings. The fourth-order valence-corrected chi connectivity index (χ4v) is 2.24. The van der Waals surface area contributed by atoms with Crippen LogP contribution in [0.4, 0.5) is 0 Å². The smallest absolute Gasteiger partial charge is 0.166 e. The van der Waals surface area contributed by atoms with Gasteiger partial charge in [0.1, 0.15) is 0 Å². The van der Waals surface area contributed by atoms with Crippen LogP contribution in [0.5, 0.6) is 0 Å². The van der Waals surface area contributed by atoms with E-state index in [1.165, 1.54) is 51.7 Å². The first-order valence-electron chi connectivity index (χ1n) is 6.11. The average molecular weight is 227 g/mol. The second-order valence-electron chi connectivity index (χ2n) is 4.58. The molecule has 3 nitrogen and oxygen atoms in total. The highest BCUT2D eigenvalue weighted by atomic mass is 32.1. The summed E-state index contributed by atoms with van der Waals surface area (Å²) in [6.07, 6.45) is 6.54. The molecule has 2 rings (SSSR count). The van der Waals surface area contributed by atoms with Crippen molar-refractivity contribution in [1.29, 1.82) is 0 Å². The summed E-state index contributed by atoms with van der Waals surface area (Å²) >= 11 is 5.18. The van der Waals surface area contributed by atoms with E-state index in [2.05, 4.69) is 15.5 Å². The third-order valence-electron chi connectivity index (χ3n) is 3.05. The third kappa shape index (κ3) is 4.34. The minimum Gasteiger partial charge on any atom is -0.363 e. The van der Waals surface area contributed by atoms with Crippen molar-refractivity contribution in [2.24, 2.45) is 0 Å². The summed E-state index contributed by atoms with van der Waals surface area (Å²) in [6, 6.07) is 0.670. The molecule has 86 valence electrons. The fourth-order valence-electron chi connectivity index (χ4n) is 1.97. The van der Waals surface area contributed by atoms with Crippen molar-refractivity contribution >= 4 is 17.3 Å². The first-order chi connectivity index (χ1) is 7.34. The molecule has 2 fully saturated rings. The van der Waals surface area contributed by atoms with E-state index < -0.39 is 0 Å². The van der Waals surface area contributed by atoms with Crippen molar-refractivity contribution < 1.29 is 0 Å². The highest BCUT2D eigenvalue weighted by Crippen LogP contribution is 2.18. The number of thiocarbonyl (C=S) groups is 1. The van der Waals surface area contributed by atoms with Gasteiger partial charge in [-0.3, -0.25) is 0 Å². The Balaban J connectivity index is 1.44. The van der Waals surface area contributed by atoms with E-state index in [1.807, 2.05) is 0 Å². The van der Waals surface area contributed by atoms with Gasteiger partial charge in [-0.05, 0) is 64.0 Å². The Morgan fingerprint density at radius 3 is 2.67 bits per heavy atom. The number of hydrogen-bond acceptors (Lipinski definition) is 2. The van der Waals surface area contributed by atoms with Crippen molar-refractivity contribution in [3.63, 3.8) is 0 Å². The van der Waals surface area contributed by atoms with Gasteiger partial charge in [-0.2, -0.15) is 0 Å². The zero-order valence-corrected chi connectivity index (χ0v) is 10.1. The van der Waals surface area contributed by atoms with Crippen LogP contribution in [-0.4, -0.2) is 42.2 Å². The van der Waals surface area contributed by atoms with E-state index in [9.17, 15) is 0 Å². The molecular formula is C11H21N3S. The first-order valence-corrected chi connectivity index (χ1v) is 6.52. The Morgan fingerprint density at radius 2 is 2.00 bits per heavy atom. The SMILES string of the molecule is S=C(NCCCN1CCCC1)NC1CC1. The lowest BCUT2D eigenvalue weighted by Crippen LogP contribution is -2.37. The first kappa shape index (κ1) is 11.1. The molecule has 0 bridgehead atoms. The van der Waals surface area contributed by atoms with Crippen LogP contribution in [0.15, 0.2) is 0 Å². The van der Waals surface area contributed by atoms with E-state index in [0.717, 1.165) is 11.7 Å². The molecule has 1 heterocycles. The van der Waals surface area contributed by atoms with Crippen LogP contribution >= 0.6 is 12.2 Å². The van der Waals surface area contributed by atoms with Crippen molar-refractivity contribution in [3.05, 3.63) is 0 Å². The van der Waals surface area contributed by atoms with Crippen molar-refractivity contribution in [1.82, 2.24) is 15.5 Å². The molecule has 15 heavy (non-hydrogen) atoms. The third-order valence-corrected chi connectivity index (χ3v) is 3.31. The number of likely N-dealkylation sites (tertiary alicyclic amines) is 1. The molecule has 4 heteroatoms. The summed E-state index contributed by atoms with van der Waals surface area (Å²) in [5, 5.41) is 7.41. The maximum atomic E-state index is 5.18. The normalized spacial score (nSPS) is 21.6. The maximum Gasteiger partial charge on any atom is 0.166 e. The van der Waals surface area contributed by atoms with Crippen LogP contribution in [0.2, 0.25) is 0 Å². The van der Waals surface area contributed by atoms with Crippen molar-refractivity contribution in [2.45, 2.75) is 38.1 Å². The topological polar surface area (TPSA) is 27.3 Å². The van der Waals surface area contributed by atoms with Gasteiger partial charge >= 0.3 is 0 Å². The predicted molar refractivity (Wildman–Crippen MR) is 67.0 cm³/mol. The van der Waals surface area contributed by atoms with Crippen LogP contribution in [-0.2, 0) is 0 Å². The molecule has 0 aromatic rings. The number of hydrogen-bond donors (Lipinski definition) is 2. The lowest BCUT2D eigenvalue weighted by molar-refractivity contribution is 0.334. The van der Waals surface area contributed by atoms with Crippen LogP contribution in [0.1, 0.15) is 32.1 Å². The molecule has 0 spiro atoms. The van der Waals surface area contributed by atoms with Gasteiger partial charge in [0.05, 0.1) is 0 Å². The highest BCUT2D eigenvalue weighted by molar-refractivity contribution is 7.80. The Labute approximate surface area is 97.6 Å². The second-order valence-corrected chi connectivity index (χ2v) is 4.99. The lowest BCUT2D eigenvalue weighted by Gasteiger charge is -2.15. The molecule has 1 saturated heterocycles. The summed E-state index contributed by atoms with van der Waals surface area (Å²) in [5.74, 6) is 0. The van der Waals surface area contributed by atoms with E-state index in [0.29, 0.717) is 6.04 Å². The van der Waals surface area contributed by atoms with Crippen LogP contribution < -0.4 is 10.6 Å². The zero-order chi connectivity index (χ0) is 10.5. The molecule has 0 atom stereocenters. The molecule has 0 aromatic heterocycles. The monoisotopic (exact) mass is 227 g/mol. The molecule has 0 unspecified atom stereocenters. The molecule has 0 aromatic carbocycles. The zero-order valence-electron chi connectivity index (χ0n) is 9.30. The van der Waals surface area contributed by atoms with Crippen molar-refractivity contribution in [2.75, 3.05) is 26.2 Å². The summed E-state index contributed by atoms with van der Waals surface area (Å²) in [6.45, 7) is 4.82. The van der Waals surface area contributed by atoms with Gasteiger partial charge in [0.15, 0.2) is 5.11 Å². The molecule has 0 amide bonds. The van der Waals surface area contributed by atoms with Crippen LogP contribution in [0, 0.1) is 0 Å². The van der Waals surface area contributed by atoms with Gasteiger partial charge < -0.3 is 15.5 Å². The molecule has 2 N–H and O–H groups in total. The minimum atomic E-state index is 0.670. The largest absolute Gasteiger partial charge is 0.363 e. The fraction of sp³-hybridized carbons (Fsp3) is 0.909. The summed E-state index contributed by atoms with van der Waals surface area (Å²) in [5.41, 5.74) is 0. The Kier molecular flexibility index (Phi) is 4.20. The maximum absolute atomic E-state index is 5.18. The molecule has 1 aliphatic carbocycles. The van der Waals surface area contributed by atoms with Crippen LogP contribution in [0.25, 0.3) is 0 Å². The average Bonchev–Trinajstić information content (AvgIpc) is 2.87. The van der Waals surface area contributed by atoms with Gasteiger partial charge in [0.2, 0.25) is 0 Å². The Hall–Kier alpha value is -0.350. The van der Waals surface area contributed by atoms with Gasteiger partial charge in [-0.25, -0.2) is 0 Å². The van der Waals surface area contributed by atoms with E-state index in [4.69, 9.17) is 12.2 Å². The highest BCUT2D eigenvalue weighted by Gasteiger charge is 2.21. The number of nitrogens with one attached hydrogen (secondary N) is 2. The van der Waals surface area contributed by atoms with E-state index in [1.54, 1.807) is 0 Å². The van der Waals surface area contributed by atoms with Crippen LogP contribution in [0.3, 0.4) is 0 Å². The van der Waals surface area contributed by atoms with E-state index in [-0.39, 0.29) is 0 Å². The number of rotatable bonds is 5. The Morgan fingerprint density at radius 1 is 1.27 bits per heavy atom. The number of nitrogens with zero attached hydrogens (tertiary/aromatic N) is 1. The minimum absolute atomic E-state index is 0.670.